The molecular weight excluding hydrogens is 154 g/mol. The summed E-state index contributed by atoms with van der Waals surface area (Å²) in [6.45, 7) is 6.55. The molecule has 0 aromatic rings. The van der Waals surface area contributed by atoms with Crippen LogP contribution < -0.4 is 0 Å². The number of nitrogens with zero attached hydrogens (tertiary/aromatic N) is 1. The van der Waals surface area contributed by atoms with Gasteiger partial charge in [-0.25, -0.2) is 0 Å². The minimum atomic E-state index is -0.713. The summed E-state index contributed by atoms with van der Waals surface area (Å²) in [5.41, 5.74) is 0.412. The zero-order valence-electron chi connectivity index (χ0n) is 7.84. The van der Waals surface area contributed by atoms with Gasteiger partial charge in [0.1, 0.15) is 0 Å². The van der Waals surface area contributed by atoms with E-state index >= 15 is 0 Å². The largest absolute Gasteiger partial charge is 0.480 e. The van der Waals surface area contributed by atoms with Crippen molar-refractivity contribution in [2.45, 2.75) is 26.7 Å². The van der Waals surface area contributed by atoms with Gasteiger partial charge in [-0.15, -0.1) is 0 Å². The second kappa shape index (κ2) is 3.44. The van der Waals surface area contributed by atoms with Crippen LogP contribution in [0.2, 0.25) is 0 Å². The molecule has 1 heterocycles. The molecule has 1 rings (SSSR count). The van der Waals surface area contributed by atoms with Crippen molar-refractivity contribution in [3.05, 3.63) is 0 Å². The third-order valence-electron chi connectivity index (χ3n) is 2.57. The summed E-state index contributed by atoms with van der Waals surface area (Å²) in [6.07, 6.45) is 2.22. The highest BCUT2D eigenvalue weighted by molar-refractivity contribution is 5.69. The monoisotopic (exact) mass is 171 g/mol. The standard InChI is InChI=1S/C9H17NO2/c1-9(2)3-5-10(6-4-9)7-8(11)12/h3-7H2,1-2H3,(H,11,12). The lowest BCUT2D eigenvalue weighted by molar-refractivity contribution is -0.138. The van der Waals surface area contributed by atoms with Crippen LogP contribution in [0.3, 0.4) is 0 Å². The number of hydrogen-bond donors (Lipinski definition) is 1. The van der Waals surface area contributed by atoms with Gasteiger partial charge in [0.2, 0.25) is 0 Å². The third kappa shape index (κ3) is 2.81. The van der Waals surface area contributed by atoms with Crippen molar-refractivity contribution in [1.82, 2.24) is 4.90 Å². The van der Waals surface area contributed by atoms with Gasteiger partial charge in [-0.2, -0.15) is 0 Å². The Labute approximate surface area is 73.4 Å². The summed E-state index contributed by atoms with van der Waals surface area (Å²) < 4.78 is 0. The molecule has 0 spiro atoms. The minimum absolute atomic E-state index is 0.204. The van der Waals surface area contributed by atoms with Crippen molar-refractivity contribution >= 4 is 5.97 Å². The molecule has 0 aromatic carbocycles. The molecule has 0 saturated carbocycles. The summed E-state index contributed by atoms with van der Waals surface area (Å²) in [5.74, 6) is -0.713. The Morgan fingerprint density at radius 3 is 2.33 bits per heavy atom. The van der Waals surface area contributed by atoms with Crippen molar-refractivity contribution in [2.75, 3.05) is 19.6 Å². The first-order valence-electron chi connectivity index (χ1n) is 4.44. The maximum absolute atomic E-state index is 10.4. The molecule has 70 valence electrons. The summed E-state index contributed by atoms with van der Waals surface area (Å²) in [5, 5.41) is 8.55. The van der Waals surface area contributed by atoms with Crippen LogP contribution in [0.4, 0.5) is 0 Å². The fourth-order valence-electron chi connectivity index (χ4n) is 1.51. The van der Waals surface area contributed by atoms with Crippen molar-refractivity contribution in [3.8, 4) is 0 Å². The number of rotatable bonds is 2. The molecule has 1 aliphatic rings. The summed E-state index contributed by atoms with van der Waals surface area (Å²) in [7, 11) is 0. The van der Waals surface area contributed by atoms with Crippen LogP contribution in [0.25, 0.3) is 0 Å². The maximum Gasteiger partial charge on any atom is 0.317 e. The van der Waals surface area contributed by atoms with Crippen LogP contribution in [-0.4, -0.2) is 35.6 Å². The Kier molecular flexibility index (Phi) is 2.73. The molecule has 3 nitrogen and oxygen atoms in total. The highest BCUT2D eigenvalue weighted by atomic mass is 16.4. The van der Waals surface area contributed by atoms with E-state index in [0.717, 1.165) is 25.9 Å². The van der Waals surface area contributed by atoms with Crippen molar-refractivity contribution in [1.29, 1.82) is 0 Å². The van der Waals surface area contributed by atoms with E-state index in [-0.39, 0.29) is 6.54 Å². The second-order valence-electron chi connectivity index (χ2n) is 4.33. The number of hydrogen-bond acceptors (Lipinski definition) is 2. The number of piperidine rings is 1. The summed E-state index contributed by atoms with van der Waals surface area (Å²) >= 11 is 0. The molecule has 0 atom stereocenters. The van der Waals surface area contributed by atoms with E-state index < -0.39 is 5.97 Å². The van der Waals surface area contributed by atoms with Crippen LogP contribution in [0.15, 0.2) is 0 Å². The Hall–Kier alpha value is -0.570. The van der Waals surface area contributed by atoms with E-state index in [1.807, 2.05) is 4.90 Å². The lowest BCUT2D eigenvalue weighted by atomic mass is 9.83. The van der Waals surface area contributed by atoms with Gasteiger partial charge in [-0.1, -0.05) is 13.8 Å². The normalized spacial score (nSPS) is 23.8. The topological polar surface area (TPSA) is 40.5 Å². The van der Waals surface area contributed by atoms with Gasteiger partial charge >= 0.3 is 5.97 Å². The van der Waals surface area contributed by atoms with E-state index in [0.29, 0.717) is 5.41 Å². The molecule has 1 fully saturated rings. The SMILES string of the molecule is CC1(C)CCN(CC(=O)O)CC1. The van der Waals surface area contributed by atoms with Gasteiger partial charge in [0.25, 0.3) is 0 Å². The summed E-state index contributed by atoms with van der Waals surface area (Å²) in [4.78, 5) is 12.4. The van der Waals surface area contributed by atoms with E-state index in [2.05, 4.69) is 13.8 Å². The van der Waals surface area contributed by atoms with Crippen LogP contribution in [0.5, 0.6) is 0 Å². The van der Waals surface area contributed by atoms with Gasteiger partial charge < -0.3 is 5.11 Å². The fourth-order valence-corrected chi connectivity index (χ4v) is 1.51. The predicted octanol–water partition coefficient (Wildman–Crippen LogP) is 1.19. The van der Waals surface area contributed by atoms with Crippen LogP contribution in [0.1, 0.15) is 26.7 Å². The minimum Gasteiger partial charge on any atom is -0.480 e. The molecular formula is C9H17NO2. The van der Waals surface area contributed by atoms with E-state index in [1.165, 1.54) is 0 Å². The maximum atomic E-state index is 10.4. The lowest BCUT2D eigenvalue weighted by Gasteiger charge is -2.35. The number of carbonyl (C=O) groups is 1. The quantitative estimate of drug-likeness (QED) is 0.678. The lowest BCUT2D eigenvalue weighted by Crippen LogP contribution is -2.40. The highest BCUT2D eigenvalue weighted by Gasteiger charge is 2.25. The average molecular weight is 171 g/mol. The van der Waals surface area contributed by atoms with Crippen molar-refractivity contribution in [2.24, 2.45) is 5.41 Å². The molecule has 1 N–H and O–H groups in total. The second-order valence-corrected chi connectivity index (χ2v) is 4.33. The molecule has 1 saturated heterocycles. The summed E-state index contributed by atoms with van der Waals surface area (Å²) in [6, 6.07) is 0. The Balaban J connectivity index is 2.31. The number of aliphatic carboxylic acids is 1. The van der Waals surface area contributed by atoms with Gasteiger partial charge in [0, 0.05) is 0 Å². The van der Waals surface area contributed by atoms with Crippen molar-refractivity contribution < 1.29 is 9.90 Å². The first-order valence-corrected chi connectivity index (χ1v) is 4.44. The van der Waals surface area contributed by atoms with Gasteiger partial charge in [-0.05, 0) is 31.3 Å². The van der Waals surface area contributed by atoms with Crippen LogP contribution in [0, 0.1) is 5.41 Å². The van der Waals surface area contributed by atoms with Crippen LogP contribution >= 0.6 is 0 Å². The molecule has 0 amide bonds. The first kappa shape index (κ1) is 9.52. The van der Waals surface area contributed by atoms with Gasteiger partial charge in [-0.3, -0.25) is 9.69 Å². The van der Waals surface area contributed by atoms with Gasteiger partial charge in [0.05, 0.1) is 6.54 Å². The first-order chi connectivity index (χ1) is 5.49. The number of carboxylic acids is 1. The van der Waals surface area contributed by atoms with E-state index in [4.69, 9.17) is 5.11 Å². The third-order valence-corrected chi connectivity index (χ3v) is 2.57. The number of carboxylic acid groups (broad SMARTS) is 1. The number of likely N-dealkylation sites (tertiary alicyclic amines) is 1. The predicted molar refractivity (Wildman–Crippen MR) is 47.1 cm³/mol. The Bertz CT molecular complexity index is 167. The smallest absolute Gasteiger partial charge is 0.317 e. The van der Waals surface area contributed by atoms with E-state index in [9.17, 15) is 4.79 Å². The van der Waals surface area contributed by atoms with Crippen molar-refractivity contribution in [3.63, 3.8) is 0 Å². The average Bonchev–Trinajstić information content (AvgIpc) is 1.93. The molecule has 0 radical (unpaired) electrons. The molecule has 1 aliphatic heterocycles. The van der Waals surface area contributed by atoms with Gasteiger partial charge in [0.15, 0.2) is 0 Å². The molecule has 0 aliphatic carbocycles. The Morgan fingerprint density at radius 1 is 1.42 bits per heavy atom. The molecule has 0 aromatic heterocycles. The molecule has 3 heteroatoms. The molecule has 12 heavy (non-hydrogen) atoms. The fraction of sp³-hybridized carbons (Fsp3) is 0.889. The molecule has 0 bridgehead atoms. The Morgan fingerprint density at radius 2 is 1.92 bits per heavy atom. The van der Waals surface area contributed by atoms with E-state index in [1.54, 1.807) is 0 Å². The zero-order valence-corrected chi connectivity index (χ0v) is 7.84. The van der Waals surface area contributed by atoms with Crippen LogP contribution in [-0.2, 0) is 4.79 Å². The zero-order chi connectivity index (χ0) is 9.19. The molecule has 0 unspecified atom stereocenters. The highest BCUT2D eigenvalue weighted by Crippen LogP contribution is 2.29.